The molecular weight excluding hydrogens is 357 g/mol. The number of carbonyl (C=O) groups is 1. The van der Waals surface area contributed by atoms with Crippen LogP contribution < -0.4 is 10.2 Å². The predicted octanol–water partition coefficient (Wildman–Crippen LogP) is 4.66. The van der Waals surface area contributed by atoms with Gasteiger partial charge in [0, 0.05) is 41.1 Å². The van der Waals surface area contributed by atoms with Gasteiger partial charge in [0.1, 0.15) is 0 Å². The Bertz CT molecular complexity index is 785. The van der Waals surface area contributed by atoms with Crippen LogP contribution in [0.2, 0.25) is 10.0 Å². The summed E-state index contributed by atoms with van der Waals surface area (Å²) in [5.74, 6) is 0. The van der Waals surface area contributed by atoms with E-state index in [2.05, 4.69) is 34.5 Å². The molecule has 0 unspecified atom stereocenters. The van der Waals surface area contributed by atoms with E-state index < -0.39 is 0 Å². The van der Waals surface area contributed by atoms with E-state index in [0.717, 1.165) is 26.1 Å². The SMILES string of the molecule is O=C(Nc1cc(Cl)cc(Cl)c1)N1CC(N2CCCc3ccccc32)C1. The second-order valence-electron chi connectivity index (χ2n) is 6.57. The molecule has 0 atom stereocenters. The lowest BCUT2D eigenvalue weighted by Gasteiger charge is -2.48. The van der Waals surface area contributed by atoms with Crippen LogP contribution >= 0.6 is 23.2 Å². The number of urea groups is 1. The number of anilines is 2. The standard InChI is InChI=1S/C19H19Cl2N3O/c20-14-8-15(21)10-16(9-14)22-19(25)23-11-17(12-23)24-7-3-5-13-4-1-2-6-18(13)24/h1-2,4,6,8-10,17H,3,5,7,11-12H2,(H,22,25). The molecule has 6 heteroatoms. The number of aryl methyl sites for hydroxylation is 1. The van der Waals surface area contributed by atoms with Crippen molar-refractivity contribution >= 4 is 40.6 Å². The van der Waals surface area contributed by atoms with Crippen LogP contribution in [0.25, 0.3) is 0 Å². The van der Waals surface area contributed by atoms with Gasteiger partial charge in [-0.15, -0.1) is 0 Å². The first-order chi connectivity index (χ1) is 12.1. The Labute approximate surface area is 157 Å². The summed E-state index contributed by atoms with van der Waals surface area (Å²) in [6.07, 6.45) is 2.31. The van der Waals surface area contributed by atoms with E-state index in [1.54, 1.807) is 18.2 Å². The smallest absolute Gasteiger partial charge is 0.321 e. The summed E-state index contributed by atoms with van der Waals surface area (Å²) in [5.41, 5.74) is 3.35. The van der Waals surface area contributed by atoms with Gasteiger partial charge in [0.15, 0.2) is 0 Å². The van der Waals surface area contributed by atoms with Gasteiger partial charge in [0.2, 0.25) is 0 Å². The van der Waals surface area contributed by atoms with E-state index >= 15 is 0 Å². The molecule has 2 aliphatic heterocycles. The zero-order chi connectivity index (χ0) is 17.4. The molecule has 2 aliphatic rings. The van der Waals surface area contributed by atoms with E-state index in [-0.39, 0.29) is 6.03 Å². The van der Waals surface area contributed by atoms with E-state index in [1.807, 2.05) is 4.90 Å². The third kappa shape index (κ3) is 3.42. The number of amides is 2. The van der Waals surface area contributed by atoms with Gasteiger partial charge in [0.05, 0.1) is 6.04 Å². The highest BCUT2D eigenvalue weighted by Crippen LogP contribution is 2.31. The van der Waals surface area contributed by atoms with Crippen LogP contribution in [0, 0.1) is 0 Å². The Morgan fingerprint density at radius 3 is 2.56 bits per heavy atom. The molecule has 0 bridgehead atoms. The number of halogens is 2. The van der Waals surface area contributed by atoms with Gasteiger partial charge in [-0.2, -0.15) is 0 Å². The van der Waals surface area contributed by atoms with Gasteiger partial charge in [-0.1, -0.05) is 41.4 Å². The number of hydrogen-bond donors (Lipinski definition) is 1. The average Bonchev–Trinajstić information content (AvgIpc) is 2.52. The molecule has 1 N–H and O–H groups in total. The Morgan fingerprint density at radius 1 is 1.08 bits per heavy atom. The first-order valence-corrected chi connectivity index (χ1v) is 9.22. The fourth-order valence-corrected chi connectivity index (χ4v) is 4.11. The molecule has 25 heavy (non-hydrogen) atoms. The summed E-state index contributed by atoms with van der Waals surface area (Å²) < 4.78 is 0. The summed E-state index contributed by atoms with van der Waals surface area (Å²) in [6.45, 7) is 2.52. The Hall–Kier alpha value is -1.91. The molecule has 0 saturated carbocycles. The van der Waals surface area contributed by atoms with Crippen LogP contribution in [0.5, 0.6) is 0 Å². The van der Waals surface area contributed by atoms with Crippen molar-refractivity contribution in [2.45, 2.75) is 18.9 Å². The number of likely N-dealkylation sites (tertiary alicyclic amines) is 1. The topological polar surface area (TPSA) is 35.6 Å². The van der Waals surface area contributed by atoms with E-state index in [4.69, 9.17) is 23.2 Å². The quantitative estimate of drug-likeness (QED) is 0.827. The minimum Gasteiger partial charge on any atom is -0.365 e. The summed E-state index contributed by atoms with van der Waals surface area (Å²) in [4.78, 5) is 16.7. The number of fused-ring (bicyclic) bond motifs is 1. The number of nitrogens with one attached hydrogen (secondary N) is 1. The van der Waals surface area contributed by atoms with Crippen molar-refractivity contribution in [1.82, 2.24) is 4.90 Å². The predicted molar refractivity (Wildman–Crippen MR) is 103 cm³/mol. The summed E-state index contributed by atoms with van der Waals surface area (Å²) in [6, 6.07) is 13.9. The minimum absolute atomic E-state index is 0.111. The Balaban J connectivity index is 1.38. The van der Waals surface area contributed by atoms with Crippen LogP contribution in [-0.4, -0.2) is 36.6 Å². The van der Waals surface area contributed by atoms with Crippen LogP contribution in [-0.2, 0) is 6.42 Å². The van der Waals surface area contributed by atoms with Crippen molar-refractivity contribution < 1.29 is 4.79 Å². The normalized spacial score (nSPS) is 17.0. The molecule has 0 spiro atoms. The van der Waals surface area contributed by atoms with Gasteiger partial charge < -0.3 is 15.1 Å². The van der Waals surface area contributed by atoms with Gasteiger partial charge in [-0.05, 0) is 42.7 Å². The molecule has 2 amide bonds. The minimum atomic E-state index is -0.111. The molecule has 0 radical (unpaired) electrons. The van der Waals surface area contributed by atoms with Gasteiger partial charge in [-0.3, -0.25) is 0 Å². The lowest BCUT2D eigenvalue weighted by atomic mass is 9.97. The third-order valence-corrected chi connectivity index (χ3v) is 5.29. The molecule has 0 aromatic heterocycles. The van der Waals surface area contributed by atoms with Crippen LogP contribution in [0.3, 0.4) is 0 Å². The Kier molecular flexibility index (Phi) is 4.48. The fraction of sp³-hybridized carbons (Fsp3) is 0.316. The zero-order valence-electron chi connectivity index (χ0n) is 13.7. The van der Waals surface area contributed by atoms with Crippen molar-refractivity contribution in [3.8, 4) is 0 Å². The Morgan fingerprint density at radius 2 is 1.80 bits per heavy atom. The maximum absolute atomic E-state index is 12.4. The van der Waals surface area contributed by atoms with Gasteiger partial charge in [0.25, 0.3) is 0 Å². The number of para-hydroxylation sites is 1. The monoisotopic (exact) mass is 375 g/mol. The van der Waals surface area contributed by atoms with E-state index in [0.29, 0.717) is 21.8 Å². The number of rotatable bonds is 2. The van der Waals surface area contributed by atoms with Crippen LogP contribution in [0.15, 0.2) is 42.5 Å². The molecule has 2 aromatic carbocycles. The molecule has 1 fully saturated rings. The molecule has 4 nitrogen and oxygen atoms in total. The molecule has 0 aliphatic carbocycles. The number of hydrogen-bond acceptors (Lipinski definition) is 2. The average molecular weight is 376 g/mol. The van der Waals surface area contributed by atoms with Crippen molar-refractivity contribution in [2.75, 3.05) is 29.9 Å². The maximum atomic E-state index is 12.4. The zero-order valence-corrected chi connectivity index (χ0v) is 15.2. The van der Waals surface area contributed by atoms with Crippen molar-refractivity contribution in [2.24, 2.45) is 0 Å². The summed E-state index contributed by atoms with van der Waals surface area (Å²) in [7, 11) is 0. The second kappa shape index (κ2) is 6.77. The lowest BCUT2D eigenvalue weighted by molar-refractivity contribution is 0.160. The largest absolute Gasteiger partial charge is 0.365 e. The second-order valence-corrected chi connectivity index (χ2v) is 7.45. The summed E-state index contributed by atoms with van der Waals surface area (Å²) >= 11 is 12.0. The van der Waals surface area contributed by atoms with Crippen LogP contribution in [0.4, 0.5) is 16.2 Å². The number of nitrogens with zero attached hydrogens (tertiary/aromatic N) is 2. The number of benzene rings is 2. The molecular formula is C19H19Cl2N3O. The molecule has 2 aromatic rings. The van der Waals surface area contributed by atoms with Gasteiger partial charge >= 0.3 is 6.03 Å². The van der Waals surface area contributed by atoms with Gasteiger partial charge in [-0.25, -0.2) is 4.79 Å². The van der Waals surface area contributed by atoms with E-state index in [9.17, 15) is 4.79 Å². The number of carbonyl (C=O) groups excluding carboxylic acids is 1. The fourth-order valence-electron chi connectivity index (χ4n) is 3.59. The van der Waals surface area contributed by atoms with Crippen molar-refractivity contribution in [3.05, 3.63) is 58.1 Å². The highest BCUT2D eigenvalue weighted by Gasteiger charge is 2.36. The van der Waals surface area contributed by atoms with Crippen molar-refractivity contribution in [3.63, 3.8) is 0 Å². The first-order valence-electron chi connectivity index (χ1n) is 8.47. The highest BCUT2D eigenvalue weighted by atomic mass is 35.5. The third-order valence-electron chi connectivity index (χ3n) is 4.85. The summed E-state index contributed by atoms with van der Waals surface area (Å²) in [5, 5.41) is 3.88. The molecule has 4 rings (SSSR count). The maximum Gasteiger partial charge on any atom is 0.321 e. The molecule has 130 valence electrons. The first kappa shape index (κ1) is 16.6. The highest BCUT2D eigenvalue weighted by molar-refractivity contribution is 6.35. The molecule has 2 heterocycles. The molecule has 1 saturated heterocycles. The van der Waals surface area contributed by atoms with Crippen LogP contribution in [0.1, 0.15) is 12.0 Å². The lowest BCUT2D eigenvalue weighted by Crippen LogP contribution is -2.62. The van der Waals surface area contributed by atoms with E-state index in [1.165, 1.54) is 17.7 Å². The van der Waals surface area contributed by atoms with Crippen molar-refractivity contribution in [1.29, 1.82) is 0 Å².